The predicted octanol–water partition coefficient (Wildman–Crippen LogP) is 2.14. The molecule has 0 aromatic carbocycles. The number of nitrogens with zero attached hydrogens (tertiary/aromatic N) is 3. The van der Waals surface area contributed by atoms with Crippen molar-refractivity contribution in [3.05, 3.63) is 17.8 Å². The van der Waals surface area contributed by atoms with Crippen molar-refractivity contribution >= 4 is 5.91 Å². The molecule has 1 aliphatic carbocycles. The third-order valence-electron chi connectivity index (χ3n) is 6.11. The zero-order valence-corrected chi connectivity index (χ0v) is 19.2. The van der Waals surface area contributed by atoms with Crippen LogP contribution >= 0.6 is 0 Å². The summed E-state index contributed by atoms with van der Waals surface area (Å²) in [6.07, 6.45) is 7.29. The highest BCUT2D eigenvalue weighted by Crippen LogP contribution is 2.22. The van der Waals surface area contributed by atoms with Gasteiger partial charge in [0.05, 0.1) is 19.3 Å². The molecule has 3 rings (SSSR count). The Labute approximate surface area is 186 Å². The third-order valence-corrected chi connectivity index (χ3v) is 6.11. The van der Waals surface area contributed by atoms with Crippen LogP contribution in [0.5, 0.6) is 0 Å². The molecule has 1 aromatic heterocycles. The monoisotopic (exact) mass is 436 g/mol. The first-order valence-electron chi connectivity index (χ1n) is 11.9. The molecule has 2 heterocycles. The van der Waals surface area contributed by atoms with Gasteiger partial charge >= 0.3 is 0 Å². The number of aromatic nitrogens is 1. The molecule has 2 N–H and O–H groups in total. The van der Waals surface area contributed by atoms with Crippen molar-refractivity contribution in [2.24, 2.45) is 11.8 Å². The molecule has 1 unspecified atom stereocenters. The molecule has 1 saturated heterocycles. The molecule has 8 heteroatoms. The number of carbonyl (C=O) groups excluding carboxylic acids is 1. The van der Waals surface area contributed by atoms with Crippen LogP contribution in [-0.4, -0.2) is 84.4 Å². The normalized spacial score (nSPS) is 20.3. The van der Waals surface area contributed by atoms with Crippen molar-refractivity contribution in [2.45, 2.75) is 58.6 Å². The number of hydrogen-bond donors (Lipinski definition) is 2. The van der Waals surface area contributed by atoms with Gasteiger partial charge in [-0.05, 0) is 24.7 Å². The maximum Gasteiger partial charge on any atom is 0.273 e. The molecule has 0 spiro atoms. The third kappa shape index (κ3) is 8.52. The van der Waals surface area contributed by atoms with Crippen molar-refractivity contribution in [2.75, 3.05) is 52.5 Å². The topological polar surface area (TPSA) is 91.1 Å². The Kier molecular flexibility index (Phi) is 9.77. The number of piperazine rings is 1. The van der Waals surface area contributed by atoms with Crippen molar-refractivity contribution in [3.63, 3.8) is 0 Å². The highest BCUT2D eigenvalue weighted by molar-refractivity contribution is 5.91. The molecule has 1 saturated carbocycles. The van der Waals surface area contributed by atoms with Gasteiger partial charge in [-0.3, -0.25) is 14.6 Å². The SMILES string of the molecule is CC(C)COCC(O)CN1CCN(Cc2nc(C(=O)NCC3CCCCC3)co2)CC1. The van der Waals surface area contributed by atoms with Gasteiger partial charge in [-0.15, -0.1) is 0 Å². The fourth-order valence-electron chi connectivity index (χ4n) is 4.32. The lowest BCUT2D eigenvalue weighted by atomic mass is 9.89. The summed E-state index contributed by atoms with van der Waals surface area (Å²) in [6, 6.07) is 0. The van der Waals surface area contributed by atoms with E-state index in [2.05, 4.69) is 33.9 Å². The Bertz CT molecular complexity index is 652. The second-order valence-electron chi connectivity index (χ2n) is 9.50. The first kappa shape index (κ1) is 24.2. The average Bonchev–Trinajstić information content (AvgIpc) is 3.22. The summed E-state index contributed by atoms with van der Waals surface area (Å²) in [7, 11) is 0. The standard InChI is InChI=1S/C23H40N4O4/c1-18(2)15-30-16-20(28)13-26-8-10-27(11-9-26)14-22-25-21(17-31-22)23(29)24-12-19-6-4-3-5-7-19/h17-20,28H,3-16H2,1-2H3,(H,24,29). The summed E-state index contributed by atoms with van der Waals surface area (Å²) < 4.78 is 11.1. The fraction of sp³-hybridized carbons (Fsp3) is 0.826. The number of amides is 1. The maximum atomic E-state index is 12.4. The summed E-state index contributed by atoms with van der Waals surface area (Å²) in [4.78, 5) is 21.3. The smallest absolute Gasteiger partial charge is 0.273 e. The number of rotatable bonds is 11. The van der Waals surface area contributed by atoms with Crippen LogP contribution in [0.25, 0.3) is 0 Å². The Morgan fingerprint density at radius 3 is 2.61 bits per heavy atom. The van der Waals surface area contributed by atoms with E-state index in [0.29, 0.717) is 49.7 Å². The van der Waals surface area contributed by atoms with E-state index in [1.807, 2.05) is 0 Å². The van der Waals surface area contributed by atoms with Crippen LogP contribution in [0.15, 0.2) is 10.7 Å². The van der Waals surface area contributed by atoms with Crippen molar-refractivity contribution in [1.29, 1.82) is 0 Å². The number of hydrogen-bond acceptors (Lipinski definition) is 7. The number of carbonyl (C=O) groups is 1. The van der Waals surface area contributed by atoms with Crippen LogP contribution in [0.4, 0.5) is 0 Å². The van der Waals surface area contributed by atoms with Crippen LogP contribution in [0.3, 0.4) is 0 Å². The highest BCUT2D eigenvalue weighted by Gasteiger charge is 2.22. The molecule has 0 radical (unpaired) electrons. The van der Waals surface area contributed by atoms with Gasteiger partial charge in [0.15, 0.2) is 5.69 Å². The van der Waals surface area contributed by atoms with Crippen molar-refractivity contribution in [3.8, 4) is 0 Å². The summed E-state index contributed by atoms with van der Waals surface area (Å²) in [5, 5.41) is 13.2. The number of oxazole rings is 1. The van der Waals surface area contributed by atoms with Gasteiger partial charge in [-0.25, -0.2) is 4.98 Å². The molecule has 2 aliphatic rings. The minimum absolute atomic E-state index is 0.140. The van der Waals surface area contributed by atoms with Gasteiger partial charge in [0, 0.05) is 45.9 Å². The van der Waals surface area contributed by atoms with Gasteiger partial charge in [-0.2, -0.15) is 0 Å². The first-order valence-corrected chi connectivity index (χ1v) is 11.9. The van der Waals surface area contributed by atoms with Crippen LogP contribution in [-0.2, 0) is 11.3 Å². The molecule has 2 fully saturated rings. The Balaban J connectivity index is 1.33. The molecule has 8 nitrogen and oxygen atoms in total. The molecule has 1 aromatic rings. The number of ether oxygens (including phenoxy) is 1. The van der Waals surface area contributed by atoms with Gasteiger partial charge in [-0.1, -0.05) is 33.1 Å². The lowest BCUT2D eigenvalue weighted by Crippen LogP contribution is -2.48. The molecule has 1 aliphatic heterocycles. The average molecular weight is 437 g/mol. The highest BCUT2D eigenvalue weighted by atomic mass is 16.5. The van der Waals surface area contributed by atoms with Gasteiger partial charge in [0.2, 0.25) is 5.89 Å². The summed E-state index contributed by atoms with van der Waals surface area (Å²) in [5.74, 6) is 1.52. The lowest BCUT2D eigenvalue weighted by molar-refractivity contribution is -0.000850. The minimum atomic E-state index is -0.452. The summed E-state index contributed by atoms with van der Waals surface area (Å²) >= 11 is 0. The second-order valence-corrected chi connectivity index (χ2v) is 9.50. The number of aliphatic hydroxyl groups is 1. The van der Waals surface area contributed by atoms with E-state index in [1.54, 1.807) is 0 Å². The molecule has 1 amide bonds. The Morgan fingerprint density at radius 1 is 1.19 bits per heavy atom. The zero-order valence-electron chi connectivity index (χ0n) is 19.2. The second kappa shape index (κ2) is 12.5. The van der Waals surface area contributed by atoms with E-state index in [-0.39, 0.29) is 5.91 Å². The van der Waals surface area contributed by atoms with E-state index in [9.17, 15) is 9.90 Å². The lowest BCUT2D eigenvalue weighted by Gasteiger charge is -2.34. The number of β-amino-alcohol motifs (C(OH)–C–C–N with tert-alkyl or cyclic N) is 1. The minimum Gasteiger partial charge on any atom is -0.447 e. The van der Waals surface area contributed by atoms with Crippen LogP contribution in [0.2, 0.25) is 0 Å². The van der Waals surface area contributed by atoms with Gasteiger partial charge in [0.25, 0.3) is 5.91 Å². The number of aliphatic hydroxyl groups excluding tert-OH is 1. The maximum absolute atomic E-state index is 12.4. The zero-order chi connectivity index (χ0) is 22.1. The van der Waals surface area contributed by atoms with Crippen molar-refractivity contribution < 1.29 is 19.1 Å². The first-order chi connectivity index (χ1) is 15.0. The Hall–Kier alpha value is -1.48. The van der Waals surface area contributed by atoms with Crippen LogP contribution in [0, 0.1) is 11.8 Å². The molecular weight excluding hydrogens is 396 g/mol. The summed E-state index contributed by atoms with van der Waals surface area (Å²) in [5.41, 5.74) is 0.369. The van der Waals surface area contributed by atoms with E-state index in [4.69, 9.17) is 9.15 Å². The molecular formula is C23H40N4O4. The van der Waals surface area contributed by atoms with Crippen molar-refractivity contribution in [1.82, 2.24) is 20.1 Å². The molecule has 1 atom stereocenters. The quantitative estimate of drug-likeness (QED) is 0.549. The van der Waals surface area contributed by atoms with E-state index in [1.165, 1.54) is 38.4 Å². The van der Waals surface area contributed by atoms with E-state index >= 15 is 0 Å². The summed E-state index contributed by atoms with van der Waals surface area (Å²) in [6.45, 7) is 10.8. The Morgan fingerprint density at radius 2 is 1.90 bits per heavy atom. The fourth-order valence-corrected chi connectivity index (χ4v) is 4.32. The van der Waals surface area contributed by atoms with Crippen LogP contribution in [0.1, 0.15) is 62.3 Å². The molecule has 31 heavy (non-hydrogen) atoms. The van der Waals surface area contributed by atoms with Gasteiger partial charge < -0.3 is 19.6 Å². The van der Waals surface area contributed by atoms with E-state index < -0.39 is 6.10 Å². The number of nitrogens with one attached hydrogen (secondary N) is 1. The molecule has 176 valence electrons. The molecule has 0 bridgehead atoms. The largest absolute Gasteiger partial charge is 0.447 e. The van der Waals surface area contributed by atoms with Gasteiger partial charge in [0.1, 0.15) is 6.26 Å². The predicted molar refractivity (Wildman–Crippen MR) is 119 cm³/mol. The van der Waals surface area contributed by atoms with E-state index in [0.717, 1.165) is 32.7 Å². The van der Waals surface area contributed by atoms with Crippen LogP contribution < -0.4 is 5.32 Å².